The van der Waals surface area contributed by atoms with Gasteiger partial charge < -0.3 is 10.8 Å². The van der Waals surface area contributed by atoms with Crippen LogP contribution in [0, 0.1) is 5.41 Å². The maximum atomic E-state index is 12.1. The van der Waals surface area contributed by atoms with Crippen LogP contribution in [0.25, 0.3) is 0 Å². The van der Waals surface area contributed by atoms with Crippen molar-refractivity contribution in [2.75, 3.05) is 6.61 Å². The van der Waals surface area contributed by atoms with E-state index < -0.39 is 17.0 Å². The molecule has 0 fully saturated rings. The third-order valence-corrected chi connectivity index (χ3v) is 3.46. The van der Waals surface area contributed by atoms with Crippen LogP contribution in [0.15, 0.2) is 29.2 Å². The fourth-order valence-corrected chi connectivity index (χ4v) is 1.97. The van der Waals surface area contributed by atoms with Crippen LogP contribution in [0.3, 0.4) is 0 Å². The zero-order valence-electron chi connectivity index (χ0n) is 10.6. The molecule has 0 unspecified atom stereocenters. The zero-order valence-corrected chi connectivity index (χ0v) is 12.2. The molecule has 0 heterocycles. The van der Waals surface area contributed by atoms with Gasteiger partial charge in [-0.25, -0.2) is 0 Å². The molecular weight excluding hydrogens is 299 g/mol. The minimum absolute atomic E-state index is 0. The molecule has 0 aromatic heterocycles. The Morgan fingerprint density at radius 1 is 1.21 bits per heavy atom. The molecule has 0 spiro atoms. The summed E-state index contributed by atoms with van der Waals surface area (Å²) < 4.78 is 36.4. The van der Waals surface area contributed by atoms with E-state index in [9.17, 15) is 18.3 Å². The van der Waals surface area contributed by atoms with Crippen molar-refractivity contribution >= 4 is 24.2 Å². The van der Waals surface area contributed by atoms with Crippen LogP contribution in [0.5, 0.6) is 0 Å². The van der Waals surface area contributed by atoms with E-state index >= 15 is 0 Å². The molecule has 0 bridgehead atoms. The summed E-state index contributed by atoms with van der Waals surface area (Å²) >= 11 is -0.156. The minimum atomic E-state index is -4.28. The lowest BCUT2D eigenvalue weighted by Crippen LogP contribution is -2.32. The molecule has 0 aliphatic rings. The second kappa shape index (κ2) is 6.83. The van der Waals surface area contributed by atoms with Crippen molar-refractivity contribution in [1.82, 2.24) is 0 Å². The minimum Gasteiger partial charge on any atom is -0.396 e. The van der Waals surface area contributed by atoms with E-state index in [4.69, 9.17) is 5.73 Å². The highest BCUT2D eigenvalue weighted by atomic mass is 35.5. The number of hydrogen-bond acceptors (Lipinski definition) is 3. The van der Waals surface area contributed by atoms with Crippen LogP contribution in [-0.4, -0.2) is 17.2 Å². The third-order valence-electron chi connectivity index (χ3n) is 2.72. The van der Waals surface area contributed by atoms with Crippen molar-refractivity contribution in [2.45, 2.75) is 30.3 Å². The number of alkyl halides is 3. The van der Waals surface area contributed by atoms with Crippen LogP contribution in [0.1, 0.15) is 25.5 Å². The molecule has 1 atom stereocenters. The number of rotatable bonds is 4. The zero-order chi connectivity index (χ0) is 14.0. The molecule has 7 heteroatoms. The molecule has 2 nitrogen and oxygen atoms in total. The van der Waals surface area contributed by atoms with E-state index in [1.165, 1.54) is 12.1 Å². The topological polar surface area (TPSA) is 46.2 Å². The predicted molar refractivity (Wildman–Crippen MR) is 73.4 cm³/mol. The SMILES string of the molecule is CC(C)(CO)[C@@H](N)c1ccc(SC(F)(F)F)cc1.Cl. The Morgan fingerprint density at radius 3 is 2.05 bits per heavy atom. The van der Waals surface area contributed by atoms with Gasteiger partial charge in [-0.05, 0) is 29.5 Å². The van der Waals surface area contributed by atoms with Gasteiger partial charge in [0.25, 0.3) is 0 Å². The van der Waals surface area contributed by atoms with E-state index in [1.54, 1.807) is 26.0 Å². The van der Waals surface area contributed by atoms with Crippen molar-refractivity contribution < 1.29 is 18.3 Å². The predicted octanol–water partition coefficient (Wildman–Crippen LogP) is 3.74. The lowest BCUT2D eigenvalue weighted by atomic mass is 9.82. The van der Waals surface area contributed by atoms with Crippen LogP contribution < -0.4 is 5.73 Å². The second-order valence-corrected chi connectivity index (χ2v) is 5.88. The lowest BCUT2D eigenvalue weighted by Gasteiger charge is -2.29. The van der Waals surface area contributed by atoms with Crippen molar-refractivity contribution in [3.63, 3.8) is 0 Å². The molecule has 3 N–H and O–H groups in total. The average molecular weight is 316 g/mol. The summed E-state index contributed by atoms with van der Waals surface area (Å²) in [4.78, 5) is 0.125. The molecular formula is C12H17ClF3NOS. The smallest absolute Gasteiger partial charge is 0.396 e. The van der Waals surface area contributed by atoms with E-state index in [2.05, 4.69) is 0 Å². The summed E-state index contributed by atoms with van der Waals surface area (Å²) in [6.45, 7) is 3.51. The highest BCUT2D eigenvalue weighted by Gasteiger charge is 2.30. The maximum absolute atomic E-state index is 12.1. The van der Waals surface area contributed by atoms with Crippen molar-refractivity contribution in [3.8, 4) is 0 Å². The first kappa shape index (κ1) is 18.6. The normalized spacial score (nSPS) is 13.8. The largest absolute Gasteiger partial charge is 0.446 e. The summed E-state index contributed by atoms with van der Waals surface area (Å²) in [6.07, 6.45) is 0. The molecule has 0 aliphatic heterocycles. The Balaban J connectivity index is 0.00000324. The first-order chi connectivity index (χ1) is 8.15. The number of benzene rings is 1. The third kappa shape index (κ3) is 5.60. The molecule has 1 aromatic carbocycles. The van der Waals surface area contributed by atoms with Gasteiger partial charge in [-0.15, -0.1) is 12.4 Å². The van der Waals surface area contributed by atoms with Crippen LogP contribution in [0.4, 0.5) is 13.2 Å². The lowest BCUT2D eigenvalue weighted by molar-refractivity contribution is -0.0328. The van der Waals surface area contributed by atoms with Gasteiger partial charge in [0.15, 0.2) is 0 Å². The Kier molecular flexibility index (Phi) is 6.68. The van der Waals surface area contributed by atoms with E-state index in [0.717, 1.165) is 0 Å². The Labute approximate surface area is 121 Å². The summed E-state index contributed by atoms with van der Waals surface area (Å²) in [7, 11) is 0. The first-order valence-corrected chi connectivity index (χ1v) is 6.19. The number of hydrogen-bond donors (Lipinski definition) is 2. The van der Waals surface area contributed by atoms with Gasteiger partial charge in [-0.2, -0.15) is 13.2 Å². The summed E-state index contributed by atoms with van der Waals surface area (Å²) in [5, 5.41) is 9.20. The number of nitrogens with two attached hydrogens (primary N) is 1. The van der Waals surface area contributed by atoms with E-state index in [0.29, 0.717) is 5.56 Å². The highest BCUT2D eigenvalue weighted by molar-refractivity contribution is 8.00. The monoisotopic (exact) mass is 315 g/mol. The number of aliphatic hydroxyl groups excluding tert-OH is 1. The molecule has 19 heavy (non-hydrogen) atoms. The summed E-state index contributed by atoms with van der Waals surface area (Å²) in [5.74, 6) is 0. The molecule has 110 valence electrons. The number of thioether (sulfide) groups is 1. The fraction of sp³-hybridized carbons (Fsp3) is 0.500. The van der Waals surface area contributed by atoms with Gasteiger partial charge in [-0.1, -0.05) is 26.0 Å². The summed E-state index contributed by atoms with van der Waals surface area (Å²) in [5.41, 5.74) is 1.88. The molecule has 0 aliphatic carbocycles. The fourth-order valence-electron chi connectivity index (χ4n) is 1.43. The first-order valence-electron chi connectivity index (χ1n) is 5.38. The molecule has 0 saturated carbocycles. The highest BCUT2D eigenvalue weighted by Crippen LogP contribution is 2.38. The van der Waals surface area contributed by atoms with Crippen LogP contribution >= 0.6 is 24.2 Å². The molecule has 0 radical (unpaired) electrons. The second-order valence-electron chi connectivity index (χ2n) is 4.74. The standard InChI is InChI=1S/C12H16F3NOS.ClH/c1-11(2,7-17)10(16)8-3-5-9(6-4-8)18-12(13,14)15;/h3-6,10,17H,7,16H2,1-2H3;1H/t10-;/m0./s1. The van der Waals surface area contributed by atoms with Crippen molar-refractivity contribution in [2.24, 2.45) is 11.1 Å². The van der Waals surface area contributed by atoms with Crippen molar-refractivity contribution in [1.29, 1.82) is 0 Å². The molecule has 1 rings (SSSR count). The average Bonchev–Trinajstić information content (AvgIpc) is 2.27. The number of aliphatic hydroxyl groups is 1. The van der Waals surface area contributed by atoms with Crippen molar-refractivity contribution in [3.05, 3.63) is 29.8 Å². The Morgan fingerprint density at radius 2 is 1.68 bits per heavy atom. The van der Waals surface area contributed by atoms with Gasteiger partial charge in [0.05, 0.1) is 0 Å². The van der Waals surface area contributed by atoms with Gasteiger partial charge in [-0.3, -0.25) is 0 Å². The Hall–Kier alpha value is -0.430. The van der Waals surface area contributed by atoms with Gasteiger partial charge in [0.1, 0.15) is 0 Å². The van der Waals surface area contributed by atoms with Crippen LogP contribution in [-0.2, 0) is 0 Å². The van der Waals surface area contributed by atoms with E-state index in [-0.39, 0.29) is 35.7 Å². The molecule has 0 saturated heterocycles. The number of halogens is 4. The maximum Gasteiger partial charge on any atom is 0.446 e. The molecule has 1 aromatic rings. The van der Waals surface area contributed by atoms with E-state index in [1.807, 2.05) is 0 Å². The summed E-state index contributed by atoms with van der Waals surface area (Å²) in [6, 6.07) is 5.49. The quantitative estimate of drug-likeness (QED) is 0.832. The van der Waals surface area contributed by atoms with Gasteiger partial charge in [0, 0.05) is 23.0 Å². The van der Waals surface area contributed by atoms with Gasteiger partial charge in [0.2, 0.25) is 0 Å². The molecule has 0 amide bonds. The van der Waals surface area contributed by atoms with Crippen LogP contribution in [0.2, 0.25) is 0 Å². The Bertz CT molecular complexity index is 395. The van der Waals surface area contributed by atoms with Gasteiger partial charge >= 0.3 is 5.51 Å².